The van der Waals surface area contributed by atoms with Gasteiger partial charge >= 0.3 is 0 Å². The van der Waals surface area contributed by atoms with Gasteiger partial charge in [-0.1, -0.05) is 18.2 Å². The second kappa shape index (κ2) is 5.80. The lowest BCUT2D eigenvalue weighted by Gasteiger charge is -2.09. The third-order valence-corrected chi connectivity index (χ3v) is 1.92. The summed E-state index contributed by atoms with van der Waals surface area (Å²) in [4.78, 5) is 10.6. The van der Waals surface area contributed by atoms with Gasteiger partial charge in [0.1, 0.15) is 0 Å². The van der Waals surface area contributed by atoms with Crippen molar-refractivity contribution in [1.82, 2.24) is 0 Å². The van der Waals surface area contributed by atoms with Gasteiger partial charge in [0, 0.05) is 0 Å². The van der Waals surface area contributed by atoms with Crippen molar-refractivity contribution in [2.24, 2.45) is 5.73 Å². The van der Waals surface area contributed by atoms with Crippen LogP contribution in [0.15, 0.2) is 24.3 Å². The first-order valence-corrected chi connectivity index (χ1v) is 4.89. The first-order valence-electron chi connectivity index (χ1n) is 4.89. The Bertz CT molecular complexity index is 399. The summed E-state index contributed by atoms with van der Waals surface area (Å²) >= 11 is 0. The number of benzene rings is 1. The van der Waals surface area contributed by atoms with Gasteiger partial charge in [-0.05, 0) is 24.6 Å². The van der Waals surface area contributed by atoms with Crippen molar-refractivity contribution >= 4 is 12.0 Å². The highest BCUT2D eigenvalue weighted by molar-refractivity contribution is 5.75. The molecule has 1 aromatic carbocycles. The fraction of sp³-hybridized carbons (Fsp3) is 0.250. The molecule has 0 spiro atoms. The normalized spacial score (nSPS) is 10.4. The third kappa shape index (κ3) is 3.31. The number of amides is 1. The predicted molar refractivity (Wildman–Crippen MR) is 62.4 cm³/mol. The summed E-state index contributed by atoms with van der Waals surface area (Å²) in [7, 11) is 1.55. The summed E-state index contributed by atoms with van der Waals surface area (Å²) in [6.45, 7) is 1.78. The maximum absolute atomic E-state index is 10.6. The number of carbonyl (C=O) groups excluding carboxylic acids is 1. The maximum Gasteiger partial charge on any atom is 0.255 e. The predicted octanol–water partition coefficient (Wildman–Crippen LogP) is 1.59. The van der Waals surface area contributed by atoms with Gasteiger partial charge in [0.15, 0.2) is 18.1 Å². The number of nitrogens with two attached hydrogens (primary N) is 1. The Morgan fingerprint density at radius 3 is 2.75 bits per heavy atom. The second-order valence-electron chi connectivity index (χ2n) is 3.17. The summed E-state index contributed by atoms with van der Waals surface area (Å²) in [6, 6.07) is 5.45. The van der Waals surface area contributed by atoms with Crippen LogP contribution in [-0.2, 0) is 4.79 Å². The molecule has 0 aliphatic rings. The van der Waals surface area contributed by atoms with Gasteiger partial charge in [-0.3, -0.25) is 4.79 Å². The second-order valence-corrected chi connectivity index (χ2v) is 3.17. The Morgan fingerprint density at radius 1 is 1.44 bits per heavy atom. The van der Waals surface area contributed by atoms with E-state index in [0.29, 0.717) is 11.5 Å². The molecule has 2 N–H and O–H groups in total. The number of primary amides is 1. The summed E-state index contributed by atoms with van der Waals surface area (Å²) in [5.41, 5.74) is 6.00. The van der Waals surface area contributed by atoms with Crippen LogP contribution in [0.4, 0.5) is 0 Å². The summed E-state index contributed by atoms with van der Waals surface area (Å²) in [6.07, 6.45) is 3.87. The lowest BCUT2D eigenvalue weighted by molar-refractivity contribution is -0.119. The average molecular weight is 221 g/mol. The monoisotopic (exact) mass is 221 g/mol. The van der Waals surface area contributed by atoms with Crippen LogP contribution >= 0.6 is 0 Å². The van der Waals surface area contributed by atoms with E-state index in [1.165, 1.54) is 0 Å². The van der Waals surface area contributed by atoms with E-state index in [1.54, 1.807) is 13.2 Å². The molecule has 0 heterocycles. The molecule has 4 nitrogen and oxygen atoms in total. The van der Waals surface area contributed by atoms with Gasteiger partial charge in [-0.2, -0.15) is 0 Å². The van der Waals surface area contributed by atoms with Crippen LogP contribution in [-0.4, -0.2) is 19.6 Å². The van der Waals surface area contributed by atoms with E-state index in [4.69, 9.17) is 15.2 Å². The molecule has 1 aromatic rings. The number of methoxy groups -OCH3 is 1. The highest BCUT2D eigenvalue weighted by atomic mass is 16.5. The molecule has 1 amide bonds. The van der Waals surface area contributed by atoms with E-state index in [1.807, 2.05) is 31.2 Å². The van der Waals surface area contributed by atoms with Gasteiger partial charge in [0.2, 0.25) is 0 Å². The average Bonchev–Trinajstić information content (AvgIpc) is 2.27. The van der Waals surface area contributed by atoms with Crippen molar-refractivity contribution in [1.29, 1.82) is 0 Å². The number of allylic oxidation sites excluding steroid dienone is 1. The number of hydrogen-bond donors (Lipinski definition) is 1. The molecule has 4 heteroatoms. The van der Waals surface area contributed by atoms with Crippen LogP contribution in [0.25, 0.3) is 6.08 Å². The zero-order valence-corrected chi connectivity index (χ0v) is 9.40. The number of hydrogen-bond acceptors (Lipinski definition) is 3. The van der Waals surface area contributed by atoms with E-state index >= 15 is 0 Å². The standard InChI is InChI=1S/C12H15NO3/c1-3-4-9-5-6-10(11(7-9)15-2)16-8-12(13)14/h3-7H,8H2,1-2H3,(H2,13,14)/b4-3+. The highest BCUT2D eigenvalue weighted by Crippen LogP contribution is 2.28. The topological polar surface area (TPSA) is 61.5 Å². The zero-order chi connectivity index (χ0) is 12.0. The Morgan fingerprint density at radius 2 is 2.19 bits per heavy atom. The fourth-order valence-electron chi connectivity index (χ4n) is 1.25. The Kier molecular flexibility index (Phi) is 4.39. The van der Waals surface area contributed by atoms with E-state index in [0.717, 1.165) is 5.56 Å². The molecule has 0 aromatic heterocycles. The molecule has 1 rings (SSSR count). The van der Waals surface area contributed by atoms with E-state index in [9.17, 15) is 4.79 Å². The Hall–Kier alpha value is -1.97. The van der Waals surface area contributed by atoms with Gasteiger partial charge in [0.25, 0.3) is 5.91 Å². The van der Waals surface area contributed by atoms with Gasteiger partial charge in [-0.25, -0.2) is 0 Å². The van der Waals surface area contributed by atoms with E-state index in [-0.39, 0.29) is 6.61 Å². The van der Waals surface area contributed by atoms with Crippen molar-refractivity contribution in [2.75, 3.05) is 13.7 Å². The van der Waals surface area contributed by atoms with Crippen LogP contribution in [0.1, 0.15) is 12.5 Å². The zero-order valence-electron chi connectivity index (χ0n) is 9.40. The molecule has 0 atom stereocenters. The van der Waals surface area contributed by atoms with E-state index in [2.05, 4.69) is 0 Å². The highest BCUT2D eigenvalue weighted by Gasteiger charge is 2.05. The number of carbonyl (C=O) groups is 1. The van der Waals surface area contributed by atoms with Crippen LogP contribution in [0.5, 0.6) is 11.5 Å². The number of rotatable bonds is 5. The van der Waals surface area contributed by atoms with Crippen molar-refractivity contribution in [3.8, 4) is 11.5 Å². The molecule has 0 saturated heterocycles. The third-order valence-electron chi connectivity index (χ3n) is 1.92. The first-order chi connectivity index (χ1) is 7.67. The van der Waals surface area contributed by atoms with Crippen LogP contribution in [0.3, 0.4) is 0 Å². The molecule has 86 valence electrons. The quantitative estimate of drug-likeness (QED) is 0.821. The molecular weight excluding hydrogens is 206 g/mol. The molecule has 0 saturated carbocycles. The lowest BCUT2D eigenvalue weighted by atomic mass is 10.2. The van der Waals surface area contributed by atoms with Crippen molar-refractivity contribution < 1.29 is 14.3 Å². The summed E-state index contributed by atoms with van der Waals surface area (Å²) in [5.74, 6) is 0.575. The fourth-order valence-corrected chi connectivity index (χ4v) is 1.25. The van der Waals surface area contributed by atoms with Crippen molar-refractivity contribution in [3.05, 3.63) is 29.8 Å². The molecular formula is C12H15NO3. The molecule has 0 unspecified atom stereocenters. The molecule has 0 aliphatic heterocycles. The molecule has 0 bridgehead atoms. The Balaban J connectivity index is 2.88. The molecule has 0 aliphatic carbocycles. The summed E-state index contributed by atoms with van der Waals surface area (Å²) in [5, 5.41) is 0. The summed E-state index contributed by atoms with van der Waals surface area (Å²) < 4.78 is 10.4. The minimum Gasteiger partial charge on any atom is -0.493 e. The molecule has 0 radical (unpaired) electrons. The van der Waals surface area contributed by atoms with Crippen LogP contribution in [0.2, 0.25) is 0 Å². The number of ether oxygens (including phenoxy) is 2. The van der Waals surface area contributed by atoms with Gasteiger partial charge in [-0.15, -0.1) is 0 Å². The van der Waals surface area contributed by atoms with Gasteiger partial charge < -0.3 is 15.2 Å². The van der Waals surface area contributed by atoms with Crippen LogP contribution < -0.4 is 15.2 Å². The minimum absolute atomic E-state index is 0.153. The largest absolute Gasteiger partial charge is 0.493 e. The van der Waals surface area contributed by atoms with E-state index < -0.39 is 5.91 Å². The van der Waals surface area contributed by atoms with Crippen molar-refractivity contribution in [3.63, 3.8) is 0 Å². The van der Waals surface area contributed by atoms with Gasteiger partial charge in [0.05, 0.1) is 7.11 Å². The molecule has 0 fully saturated rings. The first kappa shape index (κ1) is 12.1. The molecule has 16 heavy (non-hydrogen) atoms. The Labute approximate surface area is 94.7 Å². The maximum atomic E-state index is 10.6. The smallest absolute Gasteiger partial charge is 0.255 e. The lowest BCUT2D eigenvalue weighted by Crippen LogP contribution is -2.20. The minimum atomic E-state index is -0.514. The van der Waals surface area contributed by atoms with Crippen molar-refractivity contribution in [2.45, 2.75) is 6.92 Å². The van der Waals surface area contributed by atoms with Crippen LogP contribution in [0, 0.1) is 0 Å². The SMILES string of the molecule is C/C=C/c1ccc(OCC(N)=O)c(OC)c1.